The molecule has 8 bridgehead atoms. The maximum Gasteiger partial charge on any atom is 0.342 e. The van der Waals surface area contributed by atoms with Gasteiger partial charge in [0.15, 0.2) is 6.10 Å². The van der Waals surface area contributed by atoms with E-state index < -0.39 is 23.6 Å². The number of aliphatic hydroxyl groups excluding tert-OH is 1. The van der Waals surface area contributed by atoms with Crippen LogP contribution in [0.5, 0.6) is 0 Å². The summed E-state index contributed by atoms with van der Waals surface area (Å²) in [6, 6.07) is 0. The van der Waals surface area contributed by atoms with E-state index in [1.165, 1.54) is 7.11 Å². The minimum atomic E-state index is -1.17. The summed E-state index contributed by atoms with van der Waals surface area (Å²) >= 11 is 0. The highest BCUT2D eigenvalue weighted by Crippen LogP contribution is 2.59. The molecule has 1 aliphatic carbocycles. The largest absolute Gasteiger partial charge is 0.550 e. The monoisotopic (exact) mass is 607 g/mol. The molecule has 4 aliphatic heterocycles. The number of carboxylic acids is 1. The third-order valence-corrected chi connectivity index (χ3v) is 10.1. The Morgan fingerprint density at radius 3 is 2.64 bits per heavy atom. The number of ether oxygens (including phenoxy) is 2. The van der Waals surface area contributed by atoms with E-state index in [1.807, 2.05) is 32.9 Å². The van der Waals surface area contributed by atoms with Crippen molar-refractivity contribution in [1.29, 1.82) is 0 Å². The molecular weight excluding hydrogens is 572 g/mol. The standard InChI is InChI=1S/C35H36N4O6/c1-8-18-15(4)29-33-35(45-33)20(9-2)16(5)23(39-35)12-21-14(3)19(10-11-25(40)41)30(36-21)27-28(34(43)44-7)32(42)26-17(6)22(37-31(26)27)13-24(18)38-29/h9,12-14,19,33,37-38,42H,2,8,10-11H2,1,3-7H3,(H,40,41)/p-1/b21-12-,22-13-/t14-,19-,33?,35?/m0/s1. The fourth-order valence-corrected chi connectivity index (χ4v) is 7.66. The van der Waals surface area contributed by atoms with Crippen molar-refractivity contribution in [2.24, 2.45) is 21.8 Å². The molecule has 2 aromatic heterocycles. The maximum atomic E-state index is 13.2. The van der Waals surface area contributed by atoms with Crippen LogP contribution in [-0.4, -0.2) is 51.3 Å². The highest BCUT2D eigenvalue weighted by atomic mass is 16.6. The maximum absolute atomic E-state index is 13.2. The molecule has 4 atom stereocenters. The fourth-order valence-electron chi connectivity index (χ4n) is 7.66. The second-order valence-corrected chi connectivity index (χ2v) is 12.4. The normalized spacial score (nSPS) is 27.9. The molecule has 3 N–H and O–H groups in total. The summed E-state index contributed by atoms with van der Waals surface area (Å²) in [5.41, 5.74) is 8.59. The molecule has 0 radical (unpaired) electrons. The van der Waals surface area contributed by atoms with E-state index in [0.717, 1.165) is 51.0 Å². The SMILES string of the molecule is C=CC1=C(C)C2=NC13OC3c1[nH]c(c(CC)c1C)/C=c1\[nH]c3c(c1C)C(O)=C(C(=O)OC)C=3C1=N/C(=C\2)[C@@H](C)[C@@H]1CCC(=O)[O-]. The molecule has 0 saturated carbocycles. The lowest BCUT2D eigenvalue weighted by Crippen LogP contribution is -2.28. The minimum Gasteiger partial charge on any atom is -0.550 e. The Bertz CT molecular complexity index is 2050. The van der Waals surface area contributed by atoms with Crippen molar-refractivity contribution in [3.63, 3.8) is 0 Å². The Hall–Kier alpha value is -4.70. The van der Waals surface area contributed by atoms with Gasteiger partial charge in [0.05, 0.1) is 29.6 Å². The van der Waals surface area contributed by atoms with Gasteiger partial charge in [-0.15, -0.1) is 0 Å². The smallest absolute Gasteiger partial charge is 0.342 e. The summed E-state index contributed by atoms with van der Waals surface area (Å²) < 4.78 is 11.6. The van der Waals surface area contributed by atoms with Crippen LogP contribution in [0, 0.1) is 25.7 Å². The Balaban J connectivity index is 1.58. The van der Waals surface area contributed by atoms with Gasteiger partial charge < -0.3 is 34.4 Å². The number of allylic oxidation sites excluding steroid dienone is 3. The molecule has 232 valence electrons. The lowest BCUT2D eigenvalue weighted by Gasteiger charge is -2.20. The zero-order chi connectivity index (χ0) is 32.1. The molecule has 1 saturated heterocycles. The molecule has 45 heavy (non-hydrogen) atoms. The van der Waals surface area contributed by atoms with Crippen LogP contribution in [0.15, 0.2) is 51.1 Å². The molecule has 2 aromatic rings. The van der Waals surface area contributed by atoms with Crippen LogP contribution in [0.1, 0.15) is 73.4 Å². The third kappa shape index (κ3) is 3.91. The lowest BCUT2D eigenvalue weighted by molar-refractivity contribution is -0.305. The molecule has 7 rings (SSSR count). The highest BCUT2D eigenvalue weighted by Gasteiger charge is 2.64. The van der Waals surface area contributed by atoms with Crippen LogP contribution in [-0.2, 0) is 25.5 Å². The van der Waals surface area contributed by atoms with Crippen LogP contribution in [0.25, 0.3) is 17.4 Å². The van der Waals surface area contributed by atoms with Crippen molar-refractivity contribution in [2.75, 3.05) is 7.11 Å². The second kappa shape index (κ2) is 9.90. The fraction of sp³-hybridized carbons (Fsp3) is 0.371. The number of H-pyrrole nitrogens is 2. The quantitative estimate of drug-likeness (QED) is 0.339. The van der Waals surface area contributed by atoms with Gasteiger partial charge in [-0.1, -0.05) is 26.5 Å². The summed E-state index contributed by atoms with van der Waals surface area (Å²) in [5, 5.41) is 24.5. The van der Waals surface area contributed by atoms with E-state index in [-0.39, 0.29) is 36.2 Å². The van der Waals surface area contributed by atoms with Gasteiger partial charge in [-0.25, -0.2) is 9.79 Å². The van der Waals surface area contributed by atoms with Crippen molar-refractivity contribution >= 4 is 40.8 Å². The number of aliphatic hydroxyl groups is 1. The van der Waals surface area contributed by atoms with Crippen LogP contribution < -0.4 is 15.8 Å². The second-order valence-electron chi connectivity index (χ2n) is 12.4. The third-order valence-electron chi connectivity index (χ3n) is 10.1. The van der Waals surface area contributed by atoms with E-state index in [4.69, 9.17) is 19.5 Å². The first kappa shape index (κ1) is 29.0. The molecule has 2 unspecified atom stereocenters. The number of aliphatic imine (C=N–C) groups is 2. The van der Waals surface area contributed by atoms with E-state index in [1.54, 1.807) is 6.08 Å². The number of carbonyl (C=O) groups excluding carboxylic acids is 2. The van der Waals surface area contributed by atoms with Crippen LogP contribution in [0.3, 0.4) is 0 Å². The van der Waals surface area contributed by atoms with Gasteiger partial charge in [0.1, 0.15) is 11.3 Å². The van der Waals surface area contributed by atoms with Crippen LogP contribution in [0.2, 0.25) is 0 Å². The minimum absolute atomic E-state index is 0.00354. The number of aliphatic carboxylic acids is 1. The molecule has 1 spiro atoms. The molecule has 10 heteroatoms. The number of aromatic nitrogens is 2. The first-order chi connectivity index (χ1) is 21.5. The van der Waals surface area contributed by atoms with Gasteiger partial charge in [-0.05, 0) is 74.4 Å². The lowest BCUT2D eigenvalue weighted by atomic mass is 9.82. The molecular formula is C35H35N4O6-. The zero-order valence-corrected chi connectivity index (χ0v) is 26.2. The topological polar surface area (TPSA) is 155 Å². The van der Waals surface area contributed by atoms with Crippen molar-refractivity contribution in [3.05, 3.63) is 85.5 Å². The number of nitrogens with one attached hydrogen (secondary N) is 2. The Labute approximate surface area is 260 Å². The summed E-state index contributed by atoms with van der Waals surface area (Å²) in [5.74, 6) is -2.70. The molecule has 5 aliphatic rings. The Kier molecular flexibility index (Phi) is 6.39. The van der Waals surface area contributed by atoms with E-state index in [2.05, 4.69) is 30.4 Å². The van der Waals surface area contributed by atoms with Crippen molar-refractivity contribution in [1.82, 2.24) is 9.97 Å². The number of esters is 1. The molecule has 6 heterocycles. The van der Waals surface area contributed by atoms with Crippen molar-refractivity contribution < 1.29 is 29.3 Å². The molecule has 10 nitrogen and oxygen atoms in total. The van der Waals surface area contributed by atoms with Gasteiger partial charge in [0.2, 0.25) is 5.72 Å². The van der Waals surface area contributed by atoms with Gasteiger partial charge >= 0.3 is 5.97 Å². The van der Waals surface area contributed by atoms with E-state index in [0.29, 0.717) is 33.6 Å². The number of fused-ring (bicyclic) bond motifs is 6. The van der Waals surface area contributed by atoms with Gasteiger partial charge in [0, 0.05) is 51.3 Å². The Morgan fingerprint density at radius 1 is 1.22 bits per heavy atom. The van der Waals surface area contributed by atoms with Crippen molar-refractivity contribution in [2.45, 2.75) is 65.7 Å². The average molecular weight is 608 g/mol. The number of hydrogen-bond donors (Lipinski definition) is 3. The van der Waals surface area contributed by atoms with Crippen LogP contribution >= 0.6 is 0 Å². The van der Waals surface area contributed by atoms with Gasteiger partial charge in [-0.3, -0.25) is 4.99 Å². The summed E-state index contributed by atoms with van der Waals surface area (Å²) in [7, 11) is 1.26. The molecule has 1 fully saturated rings. The zero-order valence-electron chi connectivity index (χ0n) is 26.2. The Morgan fingerprint density at radius 2 is 1.98 bits per heavy atom. The average Bonchev–Trinajstić information content (AvgIpc) is 3.24. The predicted molar refractivity (Wildman–Crippen MR) is 168 cm³/mol. The summed E-state index contributed by atoms with van der Waals surface area (Å²) in [6.45, 7) is 14.1. The number of aromatic amines is 2. The summed E-state index contributed by atoms with van der Waals surface area (Å²) in [6.07, 6.45) is 6.23. The number of carbonyl (C=O) groups is 2. The first-order valence-corrected chi connectivity index (χ1v) is 15.3. The number of epoxide rings is 1. The molecule has 0 aromatic carbocycles. The number of carboxylic acid groups (broad SMARTS) is 1. The van der Waals surface area contributed by atoms with E-state index >= 15 is 0 Å². The number of nitrogens with zero attached hydrogens (tertiary/aromatic N) is 2. The molecule has 0 amide bonds. The van der Waals surface area contributed by atoms with Crippen LogP contribution in [0.4, 0.5) is 0 Å². The van der Waals surface area contributed by atoms with Gasteiger partial charge in [0.25, 0.3) is 0 Å². The predicted octanol–water partition coefficient (Wildman–Crippen LogP) is 2.82. The van der Waals surface area contributed by atoms with E-state index in [9.17, 15) is 19.8 Å². The van der Waals surface area contributed by atoms with Gasteiger partial charge in [-0.2, -0.15) is 0 Å². The first-order valence-electron chi connectivity index (χ1n) is 15.3. The number of hydrogen-bond acceptors (Lipinski definition) is 8. The number of methoxy groups -OCH3 is 1. The van der Waals surface area contributed by atoms with Crippen molar-refractivity contribution in [3.8, 4) is 0 Å². The highest BCUT2D eigenvalue weighted by molar-refractivity contribution is 6.35. The number of rotatable bonds is 6. The summed E-state index contributed by atoms with van der Waals surface area (Å²) in [4.78, 5) is 42.2.